The number of hydrazine groups is 1. The molecule has 0 aromatic heterocycles. The van der Waals surface area contributed by atoms with Crippen molar-refractivity contribution in [1.29, 1.82) is 0 Å². The van der Waals surface area contributed by atoms with Gasteiger partial charge in [0.15, 0.2) is 0 Å². The van der Waals surface area contributed by atoms with E-state index >= 15 is 0 Å². The maximum Gasteiger partial charge on any atom is 0.274 e. The fraction of sp³-hybridized carbons (Fsp3) is 0.353. The zero-order valence-corrected chi connectivity index (χ0v) is 12.5. The molecule has 2 aliphatic carbocycles. The van der Waals surface area contributed by atoms with Gasteiger partial charge in [0, 0.05) is 0 Å². The van der Waals surface area contributed by atoms with Gasteiger partial charge >= 0.3 is 0 Å². The monoisotopic (exact) mass is 312 g/mol. The van der Waals surface area contributed by atoms with Crippen molar-refractivity contribution >= 4 is 17.7 Å². The summed E-state index contributed by atoms with van der Waals surface area (Å²) in [6.07, 6.45) is 4.83. The number of hydrogen-bond donors (Lipinski definition) is 2. The summed E-state index contributed by atoms with van der Waals surface area (Å²) in [6.45, 7) is 1.67. The van der Waals surface area contributed by atoms with E-state index in [2.05, 4.69) is 5.43 Å². The molecular formula is C17H16N2O4. The summed E-state index contributed by atoms with van der Waals surface area (Å²) in [6, 6.07) is 4.76. The Morgan fingerprint density at radius 1 is 1.17 bits per heavy atom. The van der Waals surface area contributed by atoms with Crippen molar-refractivity contribution in [3.05, 3.63) is 41.5 Å². The largest absolute Gasteiger partial charge is 0.507 e. The number of allylic oxidation sites excluding steroid dienone is 2. The number of rotatable bonds is 2. The third-order valence-corrected chi connectivity index (χ3v) is 5.17. The summed E-state index contributed by atoms with van der Waals surface area (Å²) >= 11 is 0. The number of benzene rings is 1. The van der Waals surface area contributed by atoms with Crippen LogP contribution in [-0.2, 0) is 9.59 Å². The topological polar surface area (TPSA) is 86.7 Å². The number of amides is 3. The van der Waals surface area contributed by atoms with Crippen LogP contribution in [0.25, 0.3) is 0 Å². The van der Waals surface area contributed by atoms with E-state index in [1.165, 1.54) is 6.07 Å². The second kappa shape index (κ2) is 4.68. The average molecular weight is 312 g/mol. The Kier molecular flexibility index (Phi) is 2.85. The molecule has 4 rings (SSSR count). The van der Waals surface area contributed by atoms with Crippen LogP contribution in [0.15, 0.2) is 30.4 Å². The van der Waals surface area contributed by atoms with E-state index in [-0.39, 0.29) is 46.8 Å². The minimum absolute atomic E-state index is 0.0451. The molecule has 2 N–H and O–H groups in total. The lowest BCUT2D eigenvalue weighted by Gasteiger charge is -2.18. The van der Waals surface area contributed by atoms with E-state index in [4.69, 9.17) is 0 Å². The fourth-order valence-electron chi connectivity index (χ4n) is 4.02. The van der Waals surface area contributed by atoms with Crippen molar-refractivity contribution in [3.63, 3.8) is 0 Å². The number of carbonyl (C=O) groups is 3. The first-order valence-corrected chi connectivity index (χ1v) is 7.64. The number of phenolic OH excluding ortho intramolecular Hbond substituents is 1. The number of hydrogen-bond acceptors (Lipinski definition) is 4. The molecule has 1 heterocycles. The van der Waals surface area contributed by atoms with Crippen molar-refractivity contribution in [3.8, 4) is 5.75 Å². The summed E-state index contributed by atoms with van der Waals surface area (Å²) in [5.74, 6) is -2.03. The highest BCUT2D eigenvalue weighted by atomic mass is 16.3. The molecule has 1 aromatic rings. The van der Waals surface area contributed by atoms with Crippen LogP contribution < -0.4 is 5.43 Å². The maximum absolute atomic E-state index is 12.5. The Hall–Kier alpha value is -2.63. The van der Waals surface area contributed by atoms with Gasteiger partial charge < -0.3 is 5.11 Å². The van der Waals surface area contributed by atoms with Crippen LogP contribution in [0.4, 0.5) is 0 Å². The smallest absolute Gasteiger partial charge is 0.274 e. The number of fused-ring (bicyclic) bond motifs is 5. The lowest BCUT2D eigenvalue weighted by Crippen LogP contribution is -2.47. The second-order valence-corrected chi connectivity index (χ2v) is 6.42. The number of para-hydroxylation sites is 1. The van der Waals surface area contributed by atoms with E-state index < -0.39 is 5.91 Å². The van der Waals surface area contributed by atoms with E-state index in [0.717, 1.165) is 11.4 Å². The van der Waals surface area contributed by atoms with E-state index in [1.807, 2.05) is 12.2 Å². The number of carbonyl (C=O) groups excluding carboxylic acids is 3. The SMILES string of the molecule is Cc1cccc(C(=O)NN2C(=O)[C@H]3[C@H](C2=O)[C@H]2C=C[C@H]3C2)c1O. The van der Waals surface area contributed by atoms with Crippen LogP contribution in [0.3, 0.4) is 0 Å². The van der Waals surface area contributed by atoms with Gasteiger partial charge in [-0.25, -0.2) is 0 Å². The first-order chi connectivity index (χ1) is 11.0. The summed E-state index contributed by atoms with van der Waals surface area (Å²) < 4.78 is 0. The minimum Gasteiger partial charge on any atom is -0.507 e. The van der Waals surface area contributed by atoms with Crippen LogP contribution in [0.5, 0.6) is 5.75 Å². The van der Waals surface area contributed by atoms with Gasteiger partial charge in [0.2, 0.25) is 0 Å². The Morgan fingerprint density at radius 2 is 1.78 bits per heavy atom. The zero-order chi connectivity index (χ0) is 16.3. The van der Waals surface area contributed by atoms with E-state index in [1.54, 1.807) is 19.1 Å². The van der Waals surface area contributed by atoms with Crippen molar-refractivity contribution in [2.75, 3.05) is 0 Å². The summed E-state index contributed by atoms with van der Waals surface area (Å²) in [7, 11) is 0. The molecule has 2 bridgehead atoms. The number of imide groups is 1. The molecule has 1 saturated heterocycles. The zero-order valence-electron chi connectivity index (χ0n) is 12.5. The number of aryl methyl sites for hydroxylation is 1. The lowest BCUT2D eigenvalue weighted by atomic mass is 9.85. The molecule has 4 atom stereocenters. The van der Waals surface area contributed by atoms with E-state index in [9.17, 15) is 19.5 Å². The van der Waals surface area contributed by atoms with Gasteiger partial charge in [-0.05, 0) is 36.8 Å². The van der Waals surface area contributed by atoms with Crippen molar-refractivity contribution < 1.29 is 19.5 Å². The van der Waals surface area contributed by atoms with Gasteiger partial charge in [-0.15, -0.1) is 0 Å². The van der Waals surface area contributed by atoms with Crippen molar-refractivity contribution in [2.24, 2.45) is 23.7 Å². The minimum atomic E-state index is -0.659. The molecular weight excluding hydrogens is 296 g/mol. The summed E-state index contributed by atoms with van der Waals surface area (Å²) in [4.78, 5) is 37.3. The Morgan fingerprint density at radius 3 is 2.39 bits per heavy atom. The molecule has 1 aliphatic heterocycles. The number of nitrogens with one attached hydrogen (secondary N) is 1. The normalized spacial score (nSPS) is 30.9. The molecule has 1 aromatic carbocycles. The Bertz CT molecular complexity index is 740. The first kappa shape index (κ1) is 14.0. The molecule has 6 heteroatoms. The number of nitrogens with zero attached hydrogens (tertiary/aromatic N) is 1. The van der Waals surface area contributed by atoms with Gasteiger partial charge in [-0.1, -0.05) is 24.3 Å². The predicted molar refractivity (Wildman–Crippen MR) is 79.9 cm³/mol. The average Bonchev–Trinajstić information content (AvgIpc) is 3.19. The van der Waals surface area contributed by atoms with Gasteiger partial charge in [0.1, 0.15) is 5.75 Å². The number of phenols is 1. The van der Waals surface area contributed by atoms with Gasteiger partial charge in [0.25, 0.3) is 17.7 Å². The second-order valence-electron chi connectivity index (χ2n) is 6.42. The van der Waals surface area contributed by atoms with E-state index in [0.29, 0.717) is 5.56 Å². The molecule has 6 nitrogen and oxygen atoms in total. The van der Waals surface area contributed by atoms with Crippen molar-refractivity contribution in [1.82, 2.24) is 10.4 Å². The standard InChI is InChI=1S/C17H16N2O4/c1-8-3-2-4-11(14(8)20)15(21)18-19-16(22)12-9-5-6-10(7-9)13(12)17(19)23/h2-6,9-10,12-13,20H,7H2,1H3,(H,18,21)/t9-,10-,12+,13+/m0/s1. The van der Waals surface area contributed by atoms with Crippen molar-refractivity contribution in [2.45, 2.75) is 13.3 Å². The lowest BCUT2D eigenvalue weighted by molar-refractivity contribution is -0.143. The van der Waals surface area contributed by atoms with Gasteiger partial charge in [-0.2, -0.15) is 5.01 Å². The van der Waals surface area contributed by atoms with Crippen LogP contribution in [0, 0.1) is 30.6 Å². The van der Waals surface area contributed by atoms with Crippen LogP contribution in [0.2, 0.25) is 0 Å². The summed E-state index contributed by atoms with van der Waals surface area (Å²) in [5, 5.41) is 10.8. The Labute approximate surface area is 132 Å². The van der Waals surface area contributed by atoms with Gasteiger partial charge in [0.05, 0.1) is 17.4 Å². The van der Waals surface area contributed by atoms with Crippen LogP contribution in [0.1, 0.15) is 22.3 Å². The molecule has 3 aliphatic rings. The fourth-order valence-corrected chi connectivity index (χ4v) is 4.02. The predicted octanol–water partition coefficient (Wildman–Crippen LogP) is 1.15. The highest BCUT2D eigenvalue weighted by molar-refractivity contribution is 6.09. The quantitative estimate of drug-likeness (QED) is 0.633. The summed E-state index contributed by atoms with van der Waals surface area (Å²) in [5.41, 5.74) is 2.96. The molecule has 118 valence electrons. The molecule has 2 fully saturated rings. The number of aromatic hydroxyl groups is 1. The van der Waals surface area contributed by atoms with Gasteiger partial charge in [-0.3, -0.25) is 19.8 Å². The molecule has 23 heavy (non-hydrogen) atoms. The van der Waals surface area contributed by atoms with Crippen LogP contribution >= 0.6 is 0 Å². The molecule has 0 unspecified atom stereocenters. The third kappa shape index (κ3) is 1.84. The maximum atomic E-state index is 12.5. The van der Waals surface area contributed by atoms with Crippen LogP contribution in [-0.4, -0.2) is 27.8 Å². The molecule has 0 spiro atoms. The molecule has 3 amide bonds. The third-order valence-electron chi connectivity index (χ3n) is 5.17. The molecule has 0 radical (unpaired) electrons. The highest BCUT2D eigenvalue weighted by Gasteiger charge is 2.59. The molecule has 1 saturated carbocycles. The highest BCUT2D eigenvalue weighted by Crippen LogP contribution is 2.52. The Balaban J connectivity index is 1.58. The first-order valence-electron chi connectivity index (χ1n) is 7.64.